The average Bonchev–Trinajstić information content (AvgIpc) is 1.97. The van der Waals surface area contributed by atoms with Crippen LogP contribution in [0.1, 0.15) is 13.8 Å². The van der Waals surface area contributed by atoms with Gasteiger partial charge in [-0.25, -0.2) is 0 Å². The molecule has 0 unspecified atom stereocenters. The normalized spacial score (nSPS) is 9.27. The van der Waals surface area contributed by atoms with Crippen molar-refractivity contribution in [1.29, 1.82) is 0 Å². The Kier molecular flexibility index (Phi) is 5.37. The Bertz CT molecular complexity index is 145. The Hall–Kier alpha value is -0.900. The zero-order valence-corrected chi connectivity index (χ0v) is 6.85. The van der Waals surface area contributed by atoms with Gasteiger partial charge in [0.15, 0.2) is 0 Å². The van der Waals surface area contributed by atoms with Crippen LogP contribution < -0.4 is 5.32 Å². The van der Waals surface area contributed by atoms with E-state index in [1.807, 2.05) is 0 Å². The molecule has 4 heteroatoms. The van der Waals surface area contributed by atoms with Crippen LogP contribution in [0, 0.1) is 0 Å². The Morgan fingerprint density at radius 1 is 1.45 bits per heavy atom. The van der Waals surface area contributed by atoms with Crippen molar-refractivity contribution < 1.29 is 14.3 Å². The standard InChI is InChI=1S/C7H13NO3/c1-3-11-5-7(10)8-4-6(2)9/h3-5H2,1-2H3,(H,8,10). The van der Waals surface area contributed by atoms with Crippen molar-refractivity contribution in [2.75, 3.05) is 19.8 Å². The SMILES string of the molecule is CCOCC(=O)NCC(C)=O. The van der Waals surface area contributed by atoms with Gasteiger partial charge in [0.05, 0.1) is 6.54 Å². The lowest BCUT2D eigenvalue weighted by molar-refractivity contribution is -0.127. The van der Waals surface area contributed by atoms with Gasteiger partial charge in [0, 0.05) is 6.61 Å². The minimum absolute atomic E-state index is 0.0315. The van der Waals surface area contributed by atoms with Crippen LogP contribution in [0.4, 0.5) is 0 Å². The summed E-state index contributed by atoms with van der Waals surface area (Å²) in [6.07, 6.45) is 0. The number of amides is 1. The summed E-state index contributed by atoms with van der Waals surface area (Å²) >= 11 is 0. The van der Waals surface area contributed by atoms with Gasteiger partial charge >= 0.3 is 0 Å². The first-order valence-electron chi connectivity index (χ1n) is 3.50. The molecule has 0 fully saturated rings. The number of carbonyl (C=O) groups excluding carboxylic acids is 2. The summed E-state index contributed by atoms with van der Waals surface area (Å²) in [6, 6.07) is 0. The molecule has 0 atom stereocenters. The molecule has 0 aromatic rings. The van der Waals surface area contributed by atoms with Crippen molar-refractivity contribution in [3.05, 3.63) is 0 Å². The van der Waals surface area contributed by atoms with Crippen LogP contribution in [0.5, 0.6) is 0 Å². The highest BCUT2D eigenvalue weighted by Gasteiger charge is 2.00. The Balaban J connectivity index is 3.30. The second-order valence-electron chi connectivity index (χ2n) is 2.12. The second kappa shape index (κ2) is 5.85. The summed E-state index contributed by atoms with van der Waals surface area (Å²) in [5.41, 5.74) is 0. The van der Waals surface area contributed by atoms with E-state index in [1.165, 1.54) is 6.92 Å². The molecule has 11 heavy (non-hydrogen) atoms. The van der Waals surface area contributed by atoms with Crippen molar-refractivity contribution >= 4 is 11.7 Å². The molecule has 0 saturated carbocycles. The maximum absolute atomic E-state index is 10.7. The van der Waals surface area contributed by atoms with Gasteiger partial charge < -0.3 is 10.1 Å². The molecule has 0 saturated heterocycles. The molecular weight excluding hydrogens is 146 g/mol. The molecule has 0 aliphatic heterocycles. The number of hydrogen-bond acceptors (Lipinski definition) is 3. The molecule has 64 valence electrons. The van der Waals surface area contributed by atoms with Gasteiger partial charge in [0.2, 0.25) is 5.91 Å². The molecule has 0 aliphatic rings. The lowest BCUT2D eigenvalue weighted by Gasteiger charge is -2.01. The quantitative estimate of drug-likeness (QED) is 0.600. The lowest BCUT2D eigenvalue weighted by atomic mass is 10.4. The van der Waals surface area contributed by atoms with E-state index in [2.05, 4.69) is 5.32 Å². The zero-order chi connectivity index (χ0) is 8.69. The second-order valence-corrected chi connectivity index (χ2v) is 2.12. The first-order chi connectivity index (χ1) is 5.16. The van der Waals surface area contributed by atoms with Crippen LogP contribution in [-0.2, 0) is 14.3 Å². The van der Waals surface area contributed by atoms with Crippen LogP contribution >= 0.6 is 0 Å². The largest absolute Gasteiger partial charge is 0.372 e. The summed E-state index contributed by atoms with van der Waals surface area (Å²) in [7, 11) is 0. The highest BCUT2D eigenvalue weighted by molar-refractivity contribution is 5.84. The van der Waals surface area contributed by atoms with Gasteiger partial charge in [-0.15, -0.1) is 0 Å². The van der Waals surface area contributed by atoms with Crippen LogP contribution in [0.15, 0.2) is 0 Å². The number of ether oxygens (including phenoxy) is 1. The van der Waals surface area contributed by atoms with Crippen molar-refractivity contribution in [3.8, 4) is 0 Å². The van der Waals surface area contributed by atoms with E-state index in [0.717, 1.165) is 0 Å². The topological polar surface area (TPSA) is 55.4 Å². The van der Waals surface area contributed by atoms with E-state index in [9.17, 15) is 9.59 Å². The smallest absolute Gasteiger partial charge is 0.246 e. The van der Waals surface area contributed by atoms with E-state index < -0.39 is 0 Å². The average molecular weight is 159 g/mol. The van der Waals surface area contributed by atoms with Crippen LogP contribution in [-0.4, -0.2) is 31.4 Å². The number of hydrogen-bond donors (Lipinski definition) is 1. The molecule has 0 bridgehead atoms. The minimum atomic E-state index is -0.248. The van der Waals surface area contributed by atoms with Crippen molar-refractivity contribution in [2.45, 2.75) is 13.8 Å². The fraction of sp³-hybridized carbons (Fsp3) is 0.714. The summed E-state index contributed by atoms with van der Waals surface area (Å²) < 4.78 is 4.80. The predicted octanol–water partition coefficient (Wildman–Crippen LogP) is -0.272. The third kappa shape index (κ3) is 6.99. The van der Waals surface area contributed by atoms with Crippen LogP contribution in [0.2, 0.25) is 0 Å². The van der Waals surface area contributed by atoms with Crippen molar-refractivity contribution in [2.24, 2.45) is 0 Å². The first kappa shape index (κ1) is 10.1. The van der Waals surface area contributed by atoms with Gasteiger partial charge in [-0.3, -0.25) is 9.59 Å². The lowest BCUT2D eigenvalue weighted by Crippen LogP contribution is -2.31. The maximum atomic E-state index is 10.7. The minimum Gasteiger partial charge on any atom is -0.372 e. The van der Waals surface area contributed by atoms with Gasteiger partial charge in [-0.05, 0) is 13.8 Å². The zero-order valence-electron chi connectivity index (χ0n) is 6.85. The third-order valence-corrected chi connectivity index (χ3v) is 0.972. The van der Waals surface area contributed by atoms with Crippen molar-refractivity contribution in [1.82, 2.24) is 5.32 Å². The van der Waals surface area contributed by atoms with E-state index in [-0.39, 0.29) is 24.8 Å². The molecule has 0 aliphatic carbocycles. The van der Waals surface area contributed by atoms with Crippen molar-refractivity contribution in [3.63, 3.8) is 0 Å². The van der Waals surface area contributed by atoms with E-state index in [1.54, 1.807) is 6.92 Å². The van der Waals surface area contributed by atoms with Gasteiger partial charge in [-0.2, -0.15) is 0 Å². The number of Topliss-reactive ketones (excluding diaryl/α,β-unsaturated/α-hetero) is 1. The molecule has 1 amide bonds. The summed E-state index contributed by atoms with van der Waals surface area (Å²) in [4.78, 5) is 21.1. The summed E-state index contributed by atoms with van der Waals surface area (Å²) in [5, 5.41) is 2.40. The van der Waals surface area contributed by atoms with Crippen LogP contribution in [0.3, 0.4) is 0 Å². The van der Waals surface area contributed by atoms with Gasteiger partial charge in [-0.1, -0.05) is 0 Å². The highest BCUT2D eigenvalue weighted by atomic mass is 16.5. The monoisotopic (exact) mass is 159 g/mol. The molecule has 0 spiro atoms. The number of ketones is 1. The maximum Gasteiger partial charge on any atom is 0.246 e. The molecule has 0 aromatic carbocycles. The number of rotatable bonds is 5. The third-order valence-electron chi connectivity index (χ3n) is 0.972. The van der Waals surface area contributed by atoms with E-state index in [4.69, 9.17) is 4.74 Å². The Morgan fingerprint density at radius 2 is 2.09 bits per heavy atom. The fourth-order valence-corrected chi connectivity index (χ4v) is 0.469. The van der Waals surface area contributed by atoms with Crippen LogP contribution in [0.25, 0.3) is 0 Å². The number of nitrogens with one attached hydrogen (secondary N) is 1. The predicted molar refractivity (Wildman–Crippen MR) is 40.2 cm³/mol. The van der Waals surface area contributed by atoms with Gasteiger partial charge in [0.25, 0.3) is 0 Å². The first-order valence-corrected chi connectivity index (χ1v) is 3.50. The van der Waals surface area contributed by atoms with E-state index >= 15 is 0 Å². The summed E-state index contributed by atoms with van der Waals surface area (Å²) in [6.45, 7) is 3.85. The highest BCUT2D eigenvalue weighted by Crippen LogP contribution is 1.73. The Morgan fingerprint density at radius 3 is 2.55 bits per heavy atom. The molecule has 0 aromatic heterocycles. The summed E-state index contributed by atoms with van der Waals surface area (Å²) in [5.74, 6) is -0.308. The fourth-order valence-electron chi connectivity index (χ4n) is 0.469. The van der Waals surface area contributed by atoms with Gasteiger partial charge in [0.1, 0.15) is 12.4 Å². The molecule has 0 rings (SSSR count). The molecule has 1 N–H and O–H groups in total. The molecule has 4 nitrogen and oxygen atoms in total. The Labute approximate surface area is 65.9 Å². The molecule has 0 heterocycles. The number of carbonyl (C=O) groups is 2. The molecule has 0 radical (unpaired) electrons. The van der Waals surface area contributed by atoms with E-state index in [0.29, 0.717) is 6.61 Å². The molecular formula is C7H13NO3.